The third kappa shape index (κ3) is 3.05. The van der Waals surface area contributed by atoms with E-state index in [4.69, 9.17) is 0 Å². The minimum absolute atomic E-state index is 1.07. The summed E-state index contributed by atoms with van der Waals surface area (Å²) in [7, 11) is 3.84. The lowest BCUT2D eigenvalue weighted by atomic mass is 10.5. The van der Waals surface area contributed by atoms with Gasteiger partial charge in [0.05, 0.1) is 5.69 Å². The Bertz CT molecular complexity index is 353. The van der Waals surface area contributed by atoms with Gasteiger partial charge in [-0.3, -0.25) is 9.36 Å². The van der Waals surface area contributed by atoms with E-state index in [1.807, 2.05) is 51.0 Å². The second-order valence-corrected chi connectivity index (χ2v) is 3.23. The Labute approximate surface area is 84.2 Å². The third-order valence-corrected chi connectivity index (χ3v) is 1.91. The zero-order chi connectivity index (χ0) is 10.6. The fourth-order valence-corrected chi connectivity index (χ4v) is 0.971. The SMILES string of the molecule is Cc1ccn(C)n1.Cc1ccnn1C. The Morgan fingerprint density at radius 2 is 1.86 bits per heavy atom. The van der Waals surface area contributed by atoms with E-state index in [9.17, 15) is 0 Å². The van der Waals surface area contributed by atoms with Crippen molar-refractivity contribution < 1.29 is 0 Å². The maximum absolute atomic E-state index is 4.03. The topological polar surface area (TPSA) is 35.6 Å². The van der Waals surface area contributed by atoms with Crippen LogP contribution in [0.4, 0.5) is 0 Å². The zero-order valence-corrected chi connectivity index (χ0v) is 9.10. The molecule has 0 saturated heterocycles. The van der Waals surface area contributed by atoms with Crippen LogP contribution in [0.3, 0.4) is 0 Å². The van der Waals surface area contributed by atoms with Gasteiger partial charge in [0.15, 0.2) is 0 Å². The van der Waals surface area contributed by atoms with E-state index in [0.29, 0.717) is 0 Å². The fraction of sp³-hybridized carbons (Fsp3) is 0.400. The summed E-state index contributed by atoms with van der Waals surface area (Å²) in [6, 6.07) is 3.94. The highest BCUT2D eigenvalue weighted by Gasteiger charge is 1.83. The molecule has 14 heavy (non-hydrogen) atoms. The predicted molar refractivity (Wildman–Crippen MR) is 55.9 cm³/mol. The first-order valence-electron chi connectivity index (χ1n) is 4.50. The van der Waals surface area contributed by atoms with Crippen molar-refractivity contribution in [1.82, 2.24) is 19.6 Å². The lowest BCUT2D eigenvalue weighted by molar-refractivity contribution is 0.740. The Morgan fingerprint density at radius 1 is 1.14 bits per heavy atom. The van der Waals surface area contributed by atoms with E-state index < -0.39 is 0 Å². The van der Waals surface area contributed by atoms with Gasteiger partial charge in [-0.25, -0.2) is 0 Å². The van der Waals surface area contributed by atoms with Crippen LogP contribution >= 0.6 is 0 Å². The van der Waals surface area contributed by atoms with Crippen LogP contribution in [0.15, 0.2) is 24.5 Å². The van der Waals surface area contributed by atoms with E-state index in [1.165, 1.54) is 5.69 Å². The van der Waals surface area contributed by atoms with Gasteiger partial charge in [-0.15, -0.1) is 0 Å². The molecular formula is C10H16N4. The van der Waals surface area contributed by atoms with Crippen LogP contribution in [-0.4, -0.2) is 19.6 Å². The smallest absolute Gasteiger partial charge is 0.0593 e. The van der Waals surface area contributed by atoms with Crippen molar-refractivity contribution in [2.75, 3.05) is 0 Å². The fourth-order valence-electron chi connectivity index (χ4n) is 0.971. The molecule has 0 spiro atoms. The molecule has 4 nitrogen and oxygen atoms in total. The molecule has 0 aromatic carbocycles. The third-order valence-electron chi connectivity index (χ3n) is 1.91. The maximum Gasteiger partial charge on any atom is 0.0593 e. The summed E-state index contributed by atoms with van der Waals surface area (Å²) >= 11 is 0. The number of nitrogens with zero attached hydrogens (tertiary/aromatic N) is 4. The van der Waals surface area contributed by atoms with Crippen LogP contribution in [-0.2, 0) is 14.1 Å². The van der Waals surface area contributed by atoms with Gasteiger partial charge in [-0.2, -0.15) is 10.2 Å². The highest BCUT2D eigenvalue weighted by molar-refractivity contribution is 4.95. The average Bonchev–Trinajstić information content (AvgIpc) is 2.65. The molecule has 0 aliphatic carbocycles. The highest BCUT2D eigenvalue weighted by atomic mass is 15.2. The molecule has 0 radical (unpaired) electrons. The number of aromatic nitrogens is 4. The second-order valence-electron chi connectivity index (χ2n) is 3.23. The van der Waals surface area contributed by atoms with Crippen molar-refractivity contribution in [1.29, 1.82) is 0 Å². The Morgan fingerprint density at radius 3 is 2.00 bits per heavy atom. The van der Waals surface area contributed by atoms with Crippen LogP contribution in [0.5, 0.6) is 0 Å². The van der Waals surface area contributed by atoms with Crippen molar-refractivity contribution in [2.45, 2.75) is 13.8 Å². The van der Waals surface area contributed by atoms with Gasteiger partial charge in [0.2, 0.25) is 0 Å². The molecule has 0 fully saturated rings. The maximum atomic E-state index is 4.03. The summed E-state index contributed by atoms with van der Waals surface area (Å²) in [4.78, 5) is 0. The second kappa shape index (κ2) is 4.60. The van der Waals surface area contributed by atoms with Gasteiger partial charge in [0, 0.05) is 32.2 Å². The molecule has 76 valence electrons. The summed E-state index contributed by atoms with van der Waals surface area (Å²) in [5.41, 5.74) is 2.27. The largest absolute Gasteiger partial charge is 0.276 e. The predicted octanol–water partition coefficient (Wildman–Crippen LogP) is 1.46. The number of rotatable bonds is 0. The van der Waals surface area contributed by atoms with E-state index >= 15 is 0 Å². The highest BCUT2D eigenvalue weighted by Crippen LogP contribution is 1.89. The standard InChI is InChI=1S/2C5H8N2/c1-5-3-4-7(2)6-5;1-5-3-4-6-7(5)2/h2*3-4H,1-2H3. The van der Waals surface area contributed by atoms with Gasteiger partial charge in [0.1, 0.15) is 0 Å². The van der Waals surface area contributed by atoms with Gasteiger partial charge >= 0.3 is 0 Å². The zero-order valence-electron chi connectivity index (χ0n) is 9.10. The van der Waals surface area contributed by atoms with Crippen molar-refractivity contribution in [3.63, 3.8) is 0 Å². The monoisotopic (exact) mass is 192 g/mol. The quantitative estimate of drug-likeness (QED) is 0.633. The van der Waals surface area contributed by atoms with Gasteiger partial charge < -0.3 is 0 Å². The van der Waals surface area contributed by atoms with Crippen LogP contribution < -0.4 is 0 Å². The van der Waals surface area contributed by atoms with Crippen molar-refractivity contribution in [2.24, 2.45) is 14.1 Å². The molecule has 0 amide bonds. The van der Waals surface area contributed by atoms with E-state index in [1.54, 1.807) is 10.9 Å². The first kappa shape index (κ1) is 10.5. The average molecular weight is 192 g/mol. The van der Waals surface area contributed by atoms with E-state index in [0.717, 1.165) is 5.69 Å². The van der Waals surface area contributed by atoms with Crippen LogP contribution in [0.1, 0.15) is 11.4 Å². The van der Waals surface area contributed by atoms with Crippen LogP contribution in [0.2, 0.25) is 0 Å². The van der Waals surface area contributed by atoms with Crippen molar-refractivity contribution in [3.8, 4) is 0 Å². The Kier molecular flexibility index (Phi) is 3.45. The van der Waals surface area contributed by atoms with Gasteiger partial charge in [-0.1, -0.05) is 0 Å². The molecule has 2 rings (SSSR count). The summed E-state index contributed by atoms with van der Waals surface area (Å²) in [6.45, 7) is 3.99. The van der Waals surface area contributed by atoms with Crippen molar-refractivity contribution >= 4 is 0 Å². The molecule has 0 unspecified atom stereocenters. The molecule has 0 aliphatic rings. The molecule has 4 heteroatoms. The summed E-state index contributed by atoms with van der Waals surface area (Å²) < 4.78 is 3.62. The molecule has 0 bridgehead atoms. The van der Waals surface area contributed by atoms with E-state index in [-0.39, 0.29) is 0 Å². The lowest BCUT2D eigenvalue weighted by Gasteiger charge is -1.87. The van der Waals surface area contributed by atoms with E-state index in [2.05, 4.69) is 10.2 Å². The molecule has 0 saturated carbocycles. The van der Waals surface area contributed by atoms with Crippen molar-refractivity contribution in [3.05, 3.63) is 35.9 Å². The van der Waals surface area contributed by atoms with Gasteiger partial charge in [-0.05, 0) is 26.0 Å². The summed E-state index contributed by atoms with van der Waals surface area (Å²) in [5.74, 6) is 0. The minimum atomic E-state index is 1.07. The Balaban J connectivity index is 0.000000140. The normalized spacial score (nSPS) is 9.43. The first-order chi connectivity index (χ1) is 6.59. The molecule has 2 heterocycles. The number of hydrogen-bond donors (Lipinski definition) is 0. The molecular weight excluding hydrogens is 176 g/mol. The van der Waals surface area contributed by atoms with Crippen LogP contribution in [0.25, 0.3) is 0 Å². The summed E-state index contributed by atoms with van der Waals surface area (Å²) in [6.07, 6.45) is 3.71. The first-order valence-corrected chi connectivity index (χ1v) is 4.50. The number of aryl methyl sites for hydroxylation is 4. The molecule has 0 atom stereocenters. The number of hydrogen-bond acceptors (Lipinski definition) is 2. The summed E-state index contributed by atoms with van der Waals surface area (Å²) in [5, 5.41) is 7.96. The molecule has 2 aromatic heterocycles. The van der Waals surface area contributed by atoms with Crippen LogP contribution in [0, 0.1) is 13.8 Å². The minimum Gasteiger partial charge on any atom is -0.276 e. The molecule has 0 aliphatic heterocycles. The Hall–Kier alpha value is -1.58. The molecule has 2 aromatic rings. The molecule has 0 N–H and O–H groups in total. The van der Waals surface area contributed by atoms with Gasteiger partial charge in [0.25, 0.3) is 0 Å². The lowest BCUT2D eigenvalue weighted by Crippen LogP contribution is -1.90.